The van der Waals surface area contributed by atoms with Gasteiger partial charge in [-0.05, 0) is 55.9 Å². The average Bonchev–Trinajstić information content (AvgIpc) is 3.15. The molecule has 200 valence electrons. The molecule has 1 aliphatic carbocycles. The van der Waals surface area contributed by atoms with E-state index in [1.165, 1.54) is 11.8 Å². The Bertz CT molecular complexity index is 1130. The zero-order valence-corrected chi connectivity index (χ0v) is 19.8. The van der Waals surface area contributed by atoms with Gasteiger partial charge in [-0.25, -0.2) is 0 Å². The molecule has 1 saturated carbocycles. The summed E-state index contributed by atoms with van der Waals surface area (Å²) in [6.07, 6.45) is -8.15. The third kappa shape index (κ3) is 4.44. The number of carbonyl (C=O) groups excluding carboxylic acids is 2. The number of piperazine rings is 1. The molecule has 37 heavy (non-hydrogen) atoms. The molecule has 0 aromatic heterocycles. The van der Waals surface area contributed by atoms with Crippen molar-refractivity contribution in [2.75, 3.05) is 13.1 Å². The lowest BCUT2D eigenvalue weighted by Crippen LogP contribution is -2.57. The molecule has 3 heterocycles. The monoisotopic (exact) mass is 529 g/mol. The number of nitrogens with zero attached hydrogens (tertiary/aromatic N) is 4. The Morgan fingerprint density at radius 3 is 2.27 bits per heavy atom. The first-order valence-corrected chi connectivity index (χ1v) is 12.0. The summed E-state index contributed by atoms with van der Waals surface area (Å²) >= 11 is 0. The number of halogens is 6. The SMILES string of the molecule is CC(c1cc(C(F)(F)F)cc(C(F)(F)F)c1)N1C(=O)[C@@H]2C[C@H]1CN2CC(N)C(=O)N1C(C#N)C[C@@H]2C[C@@H]21. The van der Waals surface area contributed by atoms with Crippen molar-refractivity contribution in [1.82, 2.24) is 14.7 Å². The maximum atomic E-state index is 13.3. The van der Waals surface area contributed by atoms with Gasteiger partial charge < -0.3 is 15.5 Å². The molecule has 7 nitrogen and oxygen atoms in total. The van der Waals surface area contributed by atoms with Crippen LogP contribution in [0.5, 0.6) is 0 Å². The van der Waals surface area contributed by atoms with Gasteiger partial charge in [-0.15, -0.1) is 0 Å². The Morgan fingerprint density at radius 1 is 1.11 bits per heavy atom. The fourth-order valence-corrected chi connectivity index (χ4v) is 6.19. The highest BCUT2D eigenvalue weighted by atomic mass is 19.4. The van der Waals surface area contributed by atoms with Crippen LogP contribution in [-0.4, -0.2) is 69.8 Å². The fourth-order valence-electron chi connectivity index (χ4n) is 6.19. The summed E-state index contributed by atoms with van der Waals surface area (Å²) in [5.74, 6) is -0.442. The molecule has 0 radical (unpaired) electrons. The van der Waals surface area contributed by atoms with Gasteiger partial charge in [-0.2, -0.15) is 31.6 Å². The summed E-state index contributed by atoms with van der Waals surface area (Å²) in [5.41, 5.74) is 3.06. The van der Waals surface area contributed by atoms with Crippen LogP contribution in [0.4, 0.5) is 26.3 Å². The van der Waals surface area contributed by atoms with Crippen LogP contribution in [0.3, 0.4) is 0 Å². The van der Waals surface area contributed by atoms with E-state index in [1.54, 1.807) is 9.80 Å². The van der Waals surface area contributed by atoms with Crippen molar-refractivity contribution in [2.24, 2.45) is 11.7 Å². The van der Waals surface area contributed by atoms with Gasteiger partial charge in [-0.1, -0.05) is 0 Å². The number of benzene rings is 1. The first-order valence-electron chi connectivity index (χ1n) is 12.0. The lowest BCUT2D eigenvalue weighted by atomic mass is 9.98. The standard InChI is InChI=1S/C24H25F6N5O2/c1-11(12-2-14(23(25,26)27)6-15(3-12)24(28,29)30)34-17-7-20(22(34)37)33(9-17)10-18(32)21(36)35-16(8-31)4-13-5-19(13)35/h2-3,6,11,13,16-20H,4-5,7,9-10,32H2,1H3/t11?,13-,16?,17+,18?,19+,20+/m1/s1. The fraction of sp³-hybridized carbons (Fsp3) is 0.625. The van der Waals surface area contributed by atoms with Crippen molar-refractivity contribution in [1.29, 1.82) is 5.26 Å². The second kappa shape index (κ2) is 8.59. The average molecular weight is 529 g/mol. The van der Waals surface area contributed by atoms with E-state index in [-0.39, 0.29) is 30.1 Å². The third-order valence-corrected chi connectivity index (χ3v) is 8.08. The highest BCUT2D eigenvalue weighted by Crippen LogP contribution is 2.48. The number of amides is 2. The number of alkyl halides is 6. The van der Waals surface area contributed by atoms with E-state index < -0.39 is 59.6 Å². The highest BCUT2D eigenvalue weighted by Gasteiger charge is 2.56. The zero-order chi connectivity index (χ0) is 27.0. The molecule has 7 atom stereocenters. The number of rotatable bonds is 5. The minimum absolute atomic E-state index is 0.0326. The molecule has 2 bridgehead atoms. The Kier molecular flexibility index (Phi) is 5.99. The Morgan fingerprint density at radius 2 is 1.73 bits per heavy atom. The second-order valence-corrected chi connectivity index (χ2v) is 10.4. The number of hydrogen-bond acceptors (Lipinski definition) is 5. The molecule has 2 amide bonds. The lowest BCUT2D eigenvalue weighted by molar-refractivity contribution is -0.143. The maximum Gasteiger partial charge on any atom is 0.416 e. The molecule has 3 aliphatic heterocycles. The number of nitrogens with two attached hydrogens (primary N) is 1. The topological polar surface area (TPSA) is 93.7 Å². The van der Waals surface area contributed by atoms with Crippen molar-refractivity contribution in [3.63, 3.8) is 0 Å². The predicted molar refractivity (Wildman–Crippen MR) is 116 cm³/mol. The minimum atomic E-state index is -4.98. The maximum absolute atomic E-state index is 13.3. The quantitative estimate of drug-likeness (QED) is 0.593. The van der Waals surface area contributed by atoms with Crippen molar-refractivity contribution < 1.29 is 35.9 Å². The van der Waals surface area contributed by atoms with Crippen molar-refractivity contribution >= 4 is 11.8 Å². The largest absolute Gasteiger partial charge is 0.416 e. The van der Waals surface area contributed by atoms with Gasteiger partial charge in [0.25, 0.3) is 0 Å². The van der Waals surface area contributed by atoms with Crippen LogP contribution in [0.15, 0.2) is 18.2 Å². The number of nitriles is 1. The molecule has 0 spiro atoms. The van der Waals surface area contributed by atoms with Gasteiger partial charge in [0, 0.05) is 25.2 Å². The van der Waals surface area contributed by atoms with Crippen LogP contribution < -0.4 is 5.73 Å². The summed E-state index contributed by atoms with van der Waals surface area (Å²) in [7, 11) is 0. The zero-order valence-electron chi connectivity index (χ0n) is 19.8. The van der Waals surface area contributed by atoms with E-state index in [2.05, 4.69) is 6.07 Å². The van der Waals surface area contributed by atoms with Crippen LogP contribution in [0.25, 0.3) is 0 Å². The van der Waals surface area contributed by atoms with Gasteiger partial charge >= 0.3 is 12.4 Å². The summed E-state index contributed by atoms with van der Waals surface area (Å²) in [6, 6.07) is -0.0555. The first kappa shape index (κ1) is 25.8. The second-order valence-electron chi connectivity index (χ2n) is 10.4. The number of carbonyl (C=O) groups is 2. The number of piperidine rings is 1. The summed E-state index contributed by atoms with van der Waals surface area (Å²) in [4.78, 5) is 30.8. The summed E-state index contributed by atoms with van der Waals surface area (Å²) < 4.78 is 79.9. The van der Waals surface area contributed by atoms with E-state index in [1.807, 2.05) is 0 Å². The molecular weight excluding hydrogens is 504 g/mol. The summed E-state index contributed by atoms with van der Waals surface area (Å²) in [5, 5.41) is 9.34. The molecule has 4 aliphatic rings. The number of hydrogen-bond donors (Lipinski definition) is 1. The minimum Gasteiger partial charge on any atom is -0.330 e. The predicted octanol–water partition coefficient (Wildman–Crippen LogP) is 2.91. The molecule has 3 saturated heterocycles. The van der Waals surface area contributed by atoms with E-state index in [4.69, 9.17) is 5.73 Å². The molecule has 2 N–H and O–H groups in total. The van der Waals surface area contributed by atoms with Gasteiger partial charge in [0.1, 0.15) is 6.04 Å². The van der Waals surface area contributed by atoms with E-state index in [0.29, 0.717) is 37.4 Å². The van der Waals surface area contributed by atoms with Gasteiger partial charge in [0.15, 0.2) is 0 Å². The molecular formula is C24H25F6N5O2. The van der Waals surface area contributed by atoms with Crippen LogP contribution >= 0.6 is 0 Å². The van der Waals surface area contributed by atoms with Crippen LogP contribution in [0.2, 0.25) is 0 Å². The van der Waals surface area contributed by atoms with Crippen molar-refractivity contribution in [3.8, 4) is 6.07 Å². The van der Waals surface area contributed by atoms with Gasteiger partial charge in [0.05, 0.1) is 35.3 Å². The molecule has 4 fully saturated rings. The summed E-state index contributed by atoms with van der Waals surface area (Å²) in [6.45, 7) is 1.78. The Hall–Kier alpha value is -2.85. The molecule has 13 heteroatoms. The highest BCUT2D eigenvalue weighted by molar-refractivity contribution is 5.87. The van der Waals surface area contributed by atoms with E-state index in [9.17, 15) is 41.2 Å². The molecule has 3 unspecified atom stereocenters. The van der Waals surface area contributed by atoms with Crippen LogP contribution in [0.1, 0.15) is 48.9 Å². The smallest absolute Gasteiger partial charge is 0.330 e. The Balaban J connectivity index is 1.30. The van der Waals surface area contributed by atoms with Gasteiger partial charge in [0.2, 0.25) is 11.8 Å². The molecule has 1 aromatic carbocycles. The van der Waals surface area contributed by atoms with Gasteiger partial charge in [-0.3, -0.25) is 14.5 Å². The molecule has 1 aromatic rings. The third-order valence-electron chi connectivity index (χ3n) is 8.08. The van der Waals surface area contributed by atoms with Crippen LogP contribution in [0, 0.1) is 17.2 Å². The van der Waals surface area contributed by atoms with Crippen molar-refractivity contribution in [2.45, 2.75) is 74.8 Å². The number of fused-ring (bicyclic) bond motifs is 3. The molecule has 5 rings (SSSR count). The lowest BCUT2D eigenvalue weighted by Gasteiger charge is -2.39. The number of likely N-dealkylation sites (tertiary alicyclic amines) is 3. The normalized spacial score (nSPS) is 30.9. The van der Waals surface area contributed by atoms with E-state index in [0.717, 1.165) is 6.42 Å². The van der Waals surface area contributed by atoms with Crippen molar-refractivity contribution in [3.05, 3.63) is 34.9 Å². The van der Waals surface area contributed by atoms with E-state index >= 15 is 0 Å². The Labute approximate surface area is 208 Å². The van der Waals surface area contributed by atoms with Crippen LogP contribution in [-0.2, 0) is 21.9 Å². The first-order chi connectivity index (χ1) is 17.2.